The number of sulfone groups is 1. The van der Waals surface area contributed by atoms with Crippen molar-refractivity contribution in [1.29, 1.82) is 0 Å². The number of phenolic OH excluding ortho intramolecular Hbond substituents is 1. The van der Waals surface area contributed by atoms with Crippen LogP contribution < -0.4 is 0 Å². The van der Waals surface area contributed by atoms with Gasteiger partial charge in [0.05, 0.1) is 16.3 Å². The summed E-state index contributed by atoms with van der Waals surface area (Å²) in [5.74, 6) is 0.537. The normalized spacial score (nSPS) is 19.0. The number of phenols is 1. The molecule has 1 saturated carbocycles. The maximum absolute atomic E-state index is 12.1. The summed E-state index contributed by atoms with van der Waals surface area (Å²) in [7, 11) is -3.23. The average Bonchev–Trinajstić information content (AvgIpc) is 2.54. The monoisotopic (exact) mass is 377 g/mol. The Labute approximate surface area is 153 Å². The largest absolute Gasteiger partial charge is 0.508 e. The second-order valence-corrected chi connectivity index (χ2v) is 8.60. The molecule has 2 aromatic rings. The number of pyridine rings is 1. The molecule has 0 unspecified atom stereocenters. The molecule has 0 saturated heterocycles. The molecular formula is C19H23NO5S. The summed E-state index contributed by atoms with van der Waals surface area (Å²) in [6.07, 6.45) is 3.81. The summed E-state index contributed by atoms with van der Waals surface area (Å²) >= 11 is 0. The van der Waals surface area contributed by atoms with Crippen molar-refractivity contribution in [3.8, 4) is 11.5 Å². The molecule has 0 atom stereocenters. The van der Waals surface area contributed by atoms with Crippen molar-refractivity contribution in [1.82, 2.24) is 4.98 Å². The zero-order valence-corrected chi connectivity index (χ0v) is 15.6. The van der Waals surface area contributed by atoms with Gasteiger partial charge in [0.1, 0.15) is 17.2 Å². The Kier molecular flexibility index (Phi) is 6.37. The highest BCUT2D eigenvalue weighted by molar-refractivity contribution is 7.92. The van der Waals surface area contributed by atoms with E-state index >= 15 is 0 Å². The van der Waals surface area contributed by atoms with E-state index in [0.29, 0.717) is 11.6 Å². The smallest absolute Gasteiger partial charge is 0.181 e. The van der Waals surface area contributed by atoms with Crippen LogP contribution >= 0.6 is 0 Å². The molecule has 2 N–H and O–H groups in total. The van der Waals surface area contributed by atoms with E-state index in [0.717, 1.165) is 19.3 Å². The molecule has 1 heterocycles. The quantitative estimate of drug-likeness (QED) is 0.792. The SMILES string of the molecule is CC(=O)c1ccc(O)cn1.CCC1CC(S(=O)(=O)c2cccc(O)c2)C1. The first-order valence-electron chi connectivity index (χ1n) is 8.43. The van der Waals surface area contributed by atoms with E-state index in [-0.39, 0.29) is 27.4 Å². The fourth-order valence-corrected chi connectivity index (χ4v) is 4.70. The van der Waals surface area contributed by atoms with Gasteiger partial charge in [-0.25, -0.2) is 13.4 Å². The lowest BCUT2D eigenvalue weighted by molar-refractivity contribution is 0.101. The maximum atomic E-state index is 12.1. The van der Waals surface area contributed by atoms with Crippen molar-refractivity contribution >= 4 is 15.6 Å². The number of nitrogens with zero attached hydrogens (tertiary/aromatic N) is 1. The predicted molar refractivity (Wildman–Crippen MR) is 98.0 cm³/mol. The zero-order chi connectivity index (χ0) is 19.3. The maximum Gasteiger partial charge on any atom is 0.181 e. The van der Waals surface area contributed by atoms with Crippen molar-refractivity contribution in [3.05, 3.63) is 48.3 Å². The van der Waals surface area contributed by atoms with Gasteiger partial charge in [-0.05, 0) is 49.1 Å². The molecule has 6 nitrogen and oxygen atoms in total. The second-order valence-electron chi connectivity index (χ2n) is 6.37. The first kappa shape index (κ1) is 19.9. The number of hydrogen-bond donors (Lipinski definition) is 2. The summed E-state index contributed by atoms with van der Waals surface area (Å²) in [6, 6.07) is 8.84. The highest BCUT2D eigenvalue weighted by Gasteiger charge is 2.38. The Bertz CT molecular complexity index is 856. The van der Waals surface area contributed by atoms with Crippen molar-refractivity contribution in [2.24, 2.45) is 5.92 Å². The van der Waals surface area contributed by atoms with Crippen LogP contribution in [0.15, 0.2) is 47.5 Å². The summed E-state index contributed by atoms with van der Waals surface area (Å²) in [5, 5.41) is 17.8. The van der Waals surface area contributed by atoms with Crippen molar-refractivity contribution in [3.63, 3.8) is 0 Å². The lowest BCUT2D eigenvalue weighted by atomic mass is 9.83. The molecule has 3 rings (SSSR count). The van der Waals surface area contributed by atoms with Gasteiger partial charge in [0, 0.05) is 6.92 Å². The Morgan fingerprint density at radius 2 is 1.85 bits per heavy atom. The molecule has 1 aromatic heterocycles. The minimum Gasteiger partial charge on any atom is -0.508 e. The third kappa shape index (κ3) is 4.82. The summed E-state index contributed by atoms with van der Waals surface area (Å²) in [6.45, 7) is 3.52. The lowest BCUT2D eigenvalue weighted by Crippen LogP contribution is -2.35. The van der Waals surface area contributed by atoms with Gasteiger partial charge in [-0.3, -0.25) is 4.79 Å². The standard InChI is InChI=1S/C12H16O3S.C7H7NO2/c1-2-9-6-12(7-9)16(14,15)11-5-3-4-10(13)8-11;1-5(9)7-3-2-6(10)4-8-7/h3-5,8-9,12-13H,2,6-7H2,1H3;2-4,10H,1H3. The number of aromatic hydroxyl groups is 2. The van der Waals surface area contributed by atoms with Gasteiger partial charge in [0.15, 0.2) is 15.6 Å². The number of carbonyl (C=O) groups excluding carboxylic acids is 1. The molecule has 140 valence electrons. The summed E-state index contributed by atoms with van der Waals surface area (Å²) < 4.78 is 24.2. The zero-order valence-electron chi connectivity index (χ0n) is 14.8. The fraction of sp³-hybridized carbons (Fsp3) is 0.368. The molecule has 7 heteroatoms. The van der Waals surface area contributed by atoms with Crippen LogP contribution in [-0.2, 0) is 9.84 Å². The molecule has 1 aromatic carbocycles. The van der Waals surface area contributed by atoms with E-state index in [9.17, 15) is 18.3 Å². The number of Topliss-reactive ketones (excluding diaryl/α,β-unsaturated/α-hetero) is 1. The Morgan fingerprint density at radius 1 is 1.15 bits per heavy atom. The molecule has 0 aliphatic heterocycles. The third-order valence-electron chi connectivity index (χ3n) is 4.46. The van der Waals surface area contributed by atoms with Crippen LogP contribution in [0.4, 0.5) is 0 Å². The third-order valence-corrected chi connectivity index (χ3v) is 6.64. The van der Waals surface area contributed by atoms with E-state index in [1.807, 2.05) is 0 Å². The Hall–Kier alpha value is -2.41. The Balaban J connectivity index is 0.000000209. The van der Waals surface area contributed by atoms with Crippen LogP contribution in [0.5, 0.6) is 11.5 Å². The van der Waals surface area contributed by atoms with Crippen molar-refractivity contribution < 1.29 is 23.4 Å². The summed E-state index contributed by atoms with van der Waals surface area (Å²) in [5.41, 5.74) is 0.373. The van der Waals surface area contributed by atoms with E-state index in [4.69, 9.17) is 5.11 Å². The molecular weight excluding hydrogens is 354 g/mol. The van der Waals surface area contributed by atoms with Gasteiger partial charge in [-0.2, -0.15) is 0 Å². The Morgan fingerprint density at radius 3 is 2.35 bits per heavy atom. The molecule has 0 amide bonds. The molecule has 1 fully saturated rings. The average molecular weight is 377 g/mol. The van der Waals surface area contributed by atoms with Crippen molar-refractivity contribution in [2.45, 2.75) is 43.3 Å². The number of ketones is 1. The van der Waals surface area contributed by atoms with E-state index in [2.05, 4.69) is 11.9 Å². The topological polar surface area (TPSA) is 105 Å². The van der Waals surface area contributed by atoms with Gasteiger partial charge >= 0.3 is 0 Å². The molecule has 0 radical (unpaired) electrons. The van der Waals surface area contributed by atoms with E-state index in [1.165, 1.54) is 37.4 Å². The van der Waals surface area contributed by atoms with Crippen molar-refractivity contribution in [2.75, 3.05) is 0 Å². The lowest BCUT2D eigenvalue weighted by Gasteiger charge is -2.34. The number of rotatable bonds is 4. The summed E-state index contributed by atoms with van der Waals surface area (Å²) in [4.78, 5) is 14.5. The van der Waals surface area contributed by atoms with Gasteiger partial charge in [0.25, 0.3) is 0 Å². The predicted octanol–water partition coefficient (Wildman–Crippen LogP) is 3.34. The number of benzene rings is 1. The minimum absolute atomic E-state index is 0.00689. The molecule has 0 spiro atoms. The van der Waals surface area contributed by atoms with Gasteiger partial charge in [-0.15, -0.1) is 0 Å². The van der Waals surface area contributed by atoms with Crippen LogP contribution in [0.1, 0.15) is 43.6 Å². The minimum atomic E-state index is -3.23. The molecule has 1 aliphatic carbocycles. The molecule has 1 aliphatic rings. The van der Waals surface area contributed by atoms with Crippen LogP contribution in [-0.4, -0.2) is 34.6 Å². The highest BCUT2D eigenvalue weighted by Crippen LogP contribution is 2.38. The fourth-order valence-electron chi connectivity index (χ4n) is 2.71. The highest BCUT2D eigenvalue weighted by atomic mass is 32.2. The van der Waals surface area contributed by atoms with Crippen LogP contribution in [0.2, 0.25) is 0 Å². The van der Waals surface area contributed by atoms with E-state index in [1.54, 1.807) is 12.1 Å². The van der Waals surface area contributed by atoms with Gasteiger partial charge < -0.3 is 10.2 Å². The van der Waals surface area contributed by atoms with Gasteiger partial charge in [0.2, 0.25) is 0 Å². The number of hydrogen-bond acceptors (Lipinski definition) is 6. The van der Waals surface area contributed by atoms with Gasteiger partial charge in [-0.1, -0.05) is 19.4 Å². The van der Waals surface area contributed by atoms with Crippen LogP contribution in [0, 0.1) is 5.92 Å². The number of aromatic nitrogens is 1. The van der Waals surface area contributed by atoms with E-state index < -0.39 is 9.84 Å². The number of carbonyl (C=O) groups is 1. The molecule has 0 bridgehead atoms. The van der Waals surface area contributed by atoms with Crippen LogP contribution in [0.25, 0.3) is 0 Å². The van der Waals surface area contributed by atoms with Crippen LogP contribution in [0.3, 0.4) is 0 Å². The molecule has 26 heavy (non-hydrogen) atoms. The first-order valence-corrected chi connectivity index (χ1v) is 9.97. The first-order chi connectivity index (χ1) is 12.2. The second kappa shape index (κ2) is 8.31.